The first-order valence-electron chi connectivity index (χ1n) is 14.8. The molecule has 3 aromatic rings. The first kappa shape index (κ1) is 25.6. The van der Waals surface area contributed by atoms with Crippen LogP contribution in [0.25, 0.3) is 22.2 Å². The molecule has 2 saturated carbocycles. The van der Waals surface area contributed by atoms with Gasteiger partial charge in [0.15, 0.2) is 0 Å². The molecule has 3 heterocycles. The van der Waals surface area contributed by atoms with Gasteiger partial charge in [-0.2, -0.15) is 0 Å². The van der Waals surface area contributed by atoms with E-state index in [0.29, 0.717) is 25.6 Å². The van der Waals surface area contributed by atoms with Crippen LogP contribution in [0, 0.1) is 5.41 Å². The number of carboxylic acids is 1. The Bertz CT molecular complexity index is 1510. The lowest BCUT2D eigenvalue weighted by atomic mass is 9.81. The molecular formula is C33H38N2O5. The first-order chi connectivity index (χ1) is 19.3. The Morgan fingerprint density at radius 2 is 1.77 bits per heavy atom. The van der Waals surface area contributed by atoms with Crippen molar-refractivity contribution in [1.29, 1.82) is 0 Å². The van der Waals surface area contributed by atoms with Crippen LogP contribution in [0.4, 0.5) is 0 Å². The fraction of sp³-hybridized carbons (Fsp3) is 0.515. The maximum absolute atomic E-state index is 14.5. The second kappa shape index (κ2) is 9.37. The molecule has 1 aromatic heterocycles. The molecule has 1 N–H and O–H groups in total. The summed E-state index contributed by atoms with van der Waals surface area (Å²) in [5, 5.41) is 11.0. The molecule has 7 nitrogen and oxygen atoms in total. The van der Waals surface area contributed by atoms with Crippen LogP contribution >= 0.6 is 0 Å². The number of aromatic carboxylic acids is 1. The summed E-state index contributed by atoms with van der Waals surface area (Å²) in [6.07, 6.45) is 6.72. The first-order valence-corrected chi connectivity index (χ1v) is 14.8. The predicted molar refractivity (Wildman–Crippen MR) is 153 cm³/mol. The van der Waals surface area contributed by atoms with E-state index in [4.69, 9.17) is 9.47 Å². The summed E-state index contributed by atoms with van der Waals surface area (Å²) in [5.74, 6) is 0.575. The largest absolute Gasteiger partial charge is 0.497 e. The fourth-order valence-corrected chi connectivity index (χ4v) is 8.07. The Hall–Kier alpha value is -3.32. The summed E-state index contributed by atoms with van der Waals surface area (Å²) in [6.45, 7) is 5.81. The Morgan fingerprint density at radius 1 is 1.02 bits per heavy atom. The number of amides is 1. The highest BCUT2D eigenvalue weighted by molar-refractivity contribution is 6.00. The molecule has 2 aliphatic carbocycles. The number of morpholine rings is 1. The molecule has 0 bridgehead atoms. The number of fused-ring (bicyclic) bond motifs is 7. The highest BCUT2D eigenvalue weighted by Gasteiger charge is 2.64. The van der Waals surface area contributed by atoms with Crippen LogP contribution in [0.5, 0.6) is 5.75 Å². The van der Waals surface area contributed by atoms with E-state index in [1.165, 1.54) is 36.1 Å². The van der Waals surface area contributed by atoms with Crippen LogP contribution in [0.2, 0.25) is 0 Å². The van der Waals surface area contributed by atoms with Gasteiger partial charge in [0, 0.05) is 42.0 Å². The molecule has 40 heavy (non-hydrogen) atoms. The summed E-state index contributed by atoms with van der Waals surface area (Å²) in [5.41, 5.74) is 5.49. The Morgan fingerprint density at radius 3 is 2.48 bits per heavy atom. The zero-order chi connectivity index (χ0) is 27.8. The van der Waals surface area contributed by atoms with Crippen molar-refractivity contribution < 1.29 is 24.2 Å². The highest BCUT2D eigenvalue weighted by atomic mass is 16.5. The van der Waals surface area contributed by atoms with Crippen LogP contribution in [0.15, 0.2) is 36.4 Å². The monoisotopic (exact) mass is 542 g/mol. The van der Waals surface area contributed by atoms with Gasteiger partial charge in [-0.15, -0.1) is 0 Å². The van der Waals surface area contributed by atoms with Crippen molar-refractivity contribution in [2.75, 3.05) is 20.2 Å². The molecule has 7 rings (SSSR count). The molecular weight excluding hydrogens is 504 g/mol. The second-order valence-corrected chi connectivity index (χ2v) is 12.6. The van der Waals surface area contributed by atoms with E-state index >= 15 is 0 Å². The van der Waals surface area contributed by atoms with E-state index in [1.54, 1.807) is 13.2 Å². The van der Waals surface area contributed by atoms with Gasteiger partial charge < -0.3 is 24.0 Å². The van der Waals surface area contributed by atoms with E-state index in [1.807, 2.05) is 36.9 Å². The Kier molecular flexibility index (Phi) is 6.00. The minimum Gasteiger partial charge on any atom is -0.497 e. The lowest BCUT2D eigenvalue weighted by Crippen LogP contribution is -2.51. The van der Waals surface area contributed by atoms with E-state index in [-0.39, 0.29) is 29.6 Å². The number of hydrogen-bond acceptors (Lipinski definition) is 4. The van der Waals surface area contributed by atoms with Gasteiger partial charge in [-0.05, 0) is 80.5 Å². The average Bonchev–Trinajstić information content (AvgIpc) is 3.62. The normalized spacial score (nSPS) is 27.9. The summed E-state index contributed by atoms with van der Waals surface area (Å²) >= 11 is 0. The van der Waals surface area contributed by atoms with Gasteiger partial charge in [0.2, 0.25) is 5.91 Å². The lowest BCUT2D eigenvalue weighted by Gasteiger charge is -2.37. The maximum Gasteiger partial charge on any atom is 0.335 e. The van der Waals surface area contributed by atoms with Gasteiger partial charge in [-0.25, -0.2) is 4.79 Å². The predicted octanol–water partition coefficient (Wildman–Crippen LogP) is 6.19. The summed E-state index contributed by atoms with van der Waals surface area (Å²) < 4.78 is 14.0. The minimum atomic E-state index is -0.929. The molecule has 0 spiro atoms. The third kappa shape index (κ3) is 3.88. The molecule has 3 fully saturated rings. The van der Waals surface area contributed by atoms with Crippen molar-refractivity contribution in [3.8, 4) is 17.0 Å². The van der Waals surface area contributed by atoms with Crippen LogP contribution in [0.1, 0.15) is 85.7 Å². The van der Waals surface area contributed by atoms with Crippen molar-refractivity contribution >= 4 is 22.8 Å². The number of benzene rings is 2. The van der Waals surface area contributed by atoms with Crippen LogP contribution < -0.4 is 4.74 Å². The third-order valence-corrected chi connectivity index (χ3v) is 9.90. The van der Waals surface area contributed by atoms with Gasteiger partial charge in [0.25, 0.3) is 0 Å². The van der Waals surface area contributed by atoms with Crippen molar-refractivity contribution in [1.82, 2.24) is 9.47 Å². The highest BCUT2D eigenvalue weighted by Crippen LogP contribution is 2.66. The van der Waals surface area contributed by atoms with Crippen molar-refractivity contribution in [3.63, 3.8) is 0 Å². The SMILES string of the molecule is COc1ccc2c(c1)C1CC1(C(=O)N1CC(C)OC(C)C1)Cn1c-2c(C2CCCCC2)c2ccc(C(=O)O)cc21. The topological polar surface area (TPSA) is 81.0 Å². The van der Waals surface area contributed by atoms with Gasteiger partial charge in [-0.1, -0.05) is 25.3 Å². The number of carbonyl (C=O) groups is 2. The van der Waals surface area contributed by atoms with Crippen LogP contribution in [-0.4, -0.2) is 58.9 Å². The summed E-state index contributed by atoms with van der Waals surface area (Å²) in [7, 11) is 1.69. The number of rotatable bonds is 4. The van der Waals surface area contributed by atoms with E-state index in [2.05, 4.69) is 16.7 Å². The number of ether oxygens (including phenoxy) is 2. The van der Waals surface area contributed by atoms with Crippen LogP contribution in [-0.2, 0) is 16.1 Å². The van der Waals surface area contributed by atoms with E-state index in [9.17, 15) is 14.7 Å². The number of carbonyl (C=O) groups excluding carboxylic acids is 1. The molecule has 2 aromatic carbocycles. The van der Waals surface area contributed by atoms with Gasteiger partial charge in [-0.3, -0.25) is 4.79 Å². The van der Waals surface area contributed by atoms with Crippen molar-refractivity contribution in [3.05, 3.63) is 53.1 Å². The zero-order valence-electron chi connectivity index (χ0n) is 23.6. The molecule has 1 amide bonds. The van der Waals surface area contributed by atoms with E-state index in [0.717, 1.165) is 41.5 Å². The second-order valence-electron chi connectivity index (χ2n) is 12.6. The molecule has 4 unspecified atom stereocenters. The quantitative estimate of drug-likeness (QED) is 0.426. The molecule has 4 aliphatic rings. The van der Waals surface area contributed by atoms with Gasteiger partial charge in [0.1, 0.15) is 5.75 Å². The van der Waals surface area contributed by atoms with Gasteiger partial charge in [0.05, 0.1) is 36.0 Å². The molecule has 2 aliphatic heterocycles. The minimum absolute atomic E-state index is 0.00143. The van der Waals surface area contributed by atoms with Crippen LogP contribution in [0.3, 0.4) is 0 Å². The van der Waals surface area contributed by atoms with Gasteiger partial charge >= 0.3 is 5.97 Å². The summed E-state index contributed by atoms with van der Waals surface area (Å²) in [6, 6.07) is 11.9. The molecule has 4 atom stereocenters. The Balaban J connectivity index is 1.46. The van der Waals surface area contributed by atoms with Crippen molar-refractivity contribution in [2.45, 2.75) is 83.0 Å². The van der Waals surface area contributed by atoms with E-state index < -0.39 is 11.4 Å². The number of aromatic nitrogens is 1. The number of carboxylic acid groups (broad SMARTS) is 1. The fourth-order valence-electron chi connectivity index (χ4n) is 8.07. The molecule has 210 valence electrons. The average molecular weight is 543 g/mol. The number of methoxy groups -OCH3 is 1. The number of nitrogens with zero attached hydrogens (tertiary/aromatic N) is 2. The maximum atomic E-state index is 14.5. The lowest BCUT2D eigenvalue weighted by molar-refractivity contribution is -0.149. The van der Waals surface area contributed by atoms with Crippen molar-refractivity contribution in [2.24, 2.45) is 5.41 Å². The standard InChI is InChI=1S/C33H38N2O5/c1-19-16-34(17-20(2)40-19)32(38)33-15-27(33)26-14-23(39-3)10-12-24(26)30-29(21-7-5-4-6-8-21)25-11-9-22(31(36)37)13-28(25)35(30)18-33/h9-14,19-21,27H,4-8,15-18H2,1-3H3,(H,36,37). The zero-order valence-corrected chi connectivity index (χ0v) is 23.6. The smallest absolute Gasteiger partial charge is 0.335 e. The number of hydrogen-bond donors (Lipinski definition) is 1. The third-order valence-electron chi connectivity index (χ3n) is 9.90. The summed E-state index contributed by atoms with van der Waals surface area (Å²) in [4.78, 5) is 28.6. The molecule has 1 saturated heterocycles. The Labute approximate surface area is 235 Å². The molecule has 7 heteroatoms. The molecule has 0 radical (unpaired) electrons.